The molecule has 0 saturated heterocycles. The van der Waals surface area contributed by atoms with Crippen molar-refractivity contribution in [3.8, 4) is 11.4 Å². The highest BCUT2D eigenvalue weighted by atomic mass is 32.1. The third-order valence-corrected chi connectivity index (χ3v) is 4.22. The predicted octanol–water partition coefficient (Wildman–Crippen LogP) is 3.81. The van der Waals surface area contributed by atoms with Crippen molar-refractivity contribution in [3.05, 3.63) is 58.1 Å². The first-order chi connectivity index (χ1) is 12.1. The highest BCUT2D eigenvalue weighted by Gasteiger charge is 2.13. The Balaban J connectivity index is 1.45. The molecule has 3 aromatic rings. The van der Waals surface area contributed by atoms with E-state index in [2.05, 4.69) is 10.1 Å². The van der Waals surface area contributed by atoms with E-state index in [1.54, 1.807) is 12.1 Å². The molecule has 25 heavy (non-hydrogen) atoms. The lowest BCUT2D eigenvalue weighted by atomic mass is 10.1. The standard InChI is InChI=1S/C18H16N2O4S/c1-12-2-4-13(5-3-12)15(21)6-7-17(22)23-10-16-19-18(20-24-16)14-8-9-25-11-14/h2-5,8-9,11H,6-7,10H2,1H3. The second kappa shape index (κ2) is 7.85. The summed E-state index contributed by atoms with van der Waals surface area (Å²) in [4.78, 5) is 28.0. The van der Waals surface area contributed by atoms with E-state index in [-0.39, 0.29) is 31.1 Å². The molecule has 2 aromatic heterocycles. The molecule has 0 radical (unpaired) electrons. The maximum atomic E-state index is 12.0. The van der Waals surface area contributed by atoms with Gasteiger partial charge in [0.2, 0.25) is 5.82 Å². The molecule has 6 nitrogen and oxygen atoms in total. The van der Waals surface area contributed by atoms with Gasteiger partial charge >= 0.3 is 5.97 Å². The van der Waals surface area contributed by atoms with Crippen molar-refractivity contribution < 1.29 is 18.8 Å². The second-order valence-corrected chi connectivity index (χ2v) is 6.25. The normalized spacial score (nSPS) is 10.6. The van der Waals surface area contributed by atoms with Crippen LogP contribution in [0, 0.1) is 6.92 Å². The zero-order valence-corrected chi connectivity index (χ0v) is 14.4. The van der Waals surface area contributed by atoms with Crippen molar-refractivity contribution in [2.45, 2.75) is 26.4 Å². The van der Waals surface area contributed by atoms with E-state index in [1.165, 1.54) is 11.3 Å². The SMILES string of the molecule is Cc1ccc(C(=O)CCC(=O)OCc2nc(-c3ccsc3)no2)cc1. The number of esters is 1. The van der Waals surface area contributed by atoms with Crippen molar-refractivity contribution in [2.75, 3.05) is 0 Å². The van der Waals surface area contributed by atoms with E-state index in [0.29, 0.717) is 11.4 Å². The Hall–Kier alpha value is -2.80. The number of Topliss-reactive ketones (excluding diaryl/α,β-unsaturated/α-hetero) is 1. The maximum Gasteiger partial charge on any atom is 0.306 e. The van der Waals surface area contributed by atoms with Gasteiger partial charge in [0.1, 0.15) is 0 Å². The average molecular weight is 356 g/mol. The number of hydrogen-bond acceptors (Lipinski definition) is 7. The van der Waals surface area contributed by atoms with E-state index in [0.717, 1.165) is 11.1 Å². The molecule has 128 valence electrons. The fraction of sp³-hybridized carbons (Fsp3) is 0.222. The maximum absolute atomic E-state index is 12.0. The molecule has 1 aromatic carbocycles. The number of hydrogen-bond donors (Lipinski definition) is 0. The number of ketones is 1. The van der Waals surface area contributed by atoms with Crippen LogP contribution in [0.15, 0.2) is 45.6 Å². The summed E-state index contributed by atoms with van der Waals surface area (Å²) in [6.45, 7) is 1.85. The smallest absolute Gasteiger partial charge is 0.306 e. The summed E-state index contributed by atoms with van der Waals surface area (Å²) in [6.07, 6.45) is 0.115. The molecular weight excluding hydrogens is 340 g/mol. The van der Waals surface area contributed by atoms with Crippen LogP contribution < -0.4 is 0 Å². The van der Waals surface area contributed by atoms with Crippen LogP contribution in [0.25, 0.3) is 11.4 Å². The lowest BCUT2D eigenvalue weighted by Crippen LogP contribution is -2.08. The molecule has 2 heterocycles. The predicted molar refractivity (Wildman–Crippen MR) is 92.2 cm³/mol. The van der Waals surface area contributed by atoms with Crippen LogP contribution in [0.1, 0.15) is 34.7 Å². The number of thiophene rings is 1. The molecule has 0 fully saturated rings. The van der Waals surface area contributed by atoms with Gasteiger partial charge in [0.25, 0.3) is 5.89 Å². The van der Waals surface area contributed by atoms with Crippen molar-refractivity contribution in [1.82, 2.24) is 10.1 Å². The quantitative estimate of drug-likeness (QED) is 0.473. The second-order valence-electron chi connectivity index (χ2n) is 5.47. The van der Waals surface area contributed by atoms with Crippen LogP contribution >= 0.6 is 11.3 Å². The molecule has 0 bridgehead atoms. The molecule has 0 atom stereocenters. The lowest BCUT2D eigenvalue weighted by Gasteiger charge is -2.02. The van der Waals surface area contributed by atoms with Gasteiger partial charge in [-0.15, -0.1) is 0 Å². The minimum atomic E-state index is -0.476. The molecule has 3 rings (SSSR count). The summed E-state index contributed by atoms with van der Waals surface area (Å²) in [5.74, 6) is 0.117. The first-order valence-corrected chi connectivity index (χ1v) is 8.67. The van der Waals surface area contributed by atoms with Gasteiger partial charge in [0.05, 0.1) is 6.42 Å². The summed E-state index contributed by atoms with van der Waals surface area (Å²) >= 11 is 1.53. The number of ether oxygens (including phenoxy) is 1. The Morgan fingerprint density at radius 2 is 1.96 bits per heavy atom. The van der Waals surface area contributed by atoms with E-state index in [4.69, 9.17) is 9.26 Å². The van der Waals surface area contributed by atoms with E-state index in [1.807, 2.05) is 35.9 Å². The molecule has 0 aliphatic heterocycles. The molecule has 0 aliphatic carbocycles. The summed E-state index contributed by atoms with van der Waals surface area (Å²) in [6, 6.07) is 9.13. The zero-order valence-electron chi connectivity index (χ0n) is 13.6. The van der Waals surface area contributed by atoms with Gasteiger partial charge < -0.3 is 9.26 Å². The van der Waals surface area contributed by atoms with Crippen LogP contribution in [0.4, 0.5) is 0 Å². The minimum absolute atomic E-state index is 0.0121. The fourth-order valence-electron chi connectivity index (χ4n) is 2.14. The third-order valence-electron chi connectivity index (χ3n) is 3.53. The van der Waals surface area contributed by atoms with Crippen molar-refractivity contribution in [2.24, 2.45) is 0 Å². The highest BCUT2D eigenvalue weighted by molar-refractivity contribution is 7.08. The fourth-order valence-corrected chi connectivity index (χ4v) is 2.77. The lowest BCUT2D eigenvalue weighted by molar-refractivity contribution is -0.145. The van der Waals surface area contributed by atoms with Crippen LogP contribution in [-0.4, -0.2) is 21.9 Å². The molecule has 0 aliphatic rings. The molecule has 0 amide bonds. The van der Waals surface area contributed by atoms with E-state index in [9.17, 15) is 9.59 Å². The van der Waals surface area contributed by atoms with Crippen LogP contribution in [0.3, 0.4) is 0 Å². The Labute approximate surface area is 148 Å². The molecular formula is C18H16N2O4S. The zero-order chi connectivity index (χ0) is 17.6. The summed E-state index contributed by atoms with van der Waals surface area (Å²) in [5.41, 5.74) is 2.53. The largest absolute Gasteiger partial charge is 0.456 e. The monoisotopic (exact) mass is 356 g/mol. The highest BCUT2D eigenvalue weighted by Crippen LogP contribution is 2.19. The summed E-state index contributed by atoms with van der Waals surface area (Å²) < 4.78 is 10.1. The van der Waals surface area contributed by atoms with Crippen molar-refractivity contribution in [3.63, 3.8) is 0 Å². The Morgan fingerprint density at radius 1 is 1.16 bits per heavy atom. The van der Waals surface area contributed by atoms with Gasteiger partial charge in [-0.05, 0) is 18.4 Å². The summed E-state index contributed by atoms with van der Waals surface area (Å²) in [7, 11) is 0. The van der Waals surface area contributed by atoms with E-state index >= 15 is 0 Å². The molecule has 7 heteroatoms. The molecule has 0 saturated carbocycles. The van der Waals surface area contributed by atoms with Gasteiger partial charge in [-0.1, -0.05) is 35.0 Å². The molecule has 0 spiro atoms. The van der Waals surface area contributed by atoms with Crippen LogP contribution in [0.2, 0.25) is 0 Å². The topological polar surface area (TPSA) is 82.3 Å². The molecule has 0 unspecified atom stereocenters. The first kappa shape index (κ1) is 17.0. The van der Waals surface area contributed by atoms with E-state index < -0.39 is 5.97 Å². The summed E-state index contributed by atoms with van der Waals surface area (Å²) in [5, 5.41) is 7.65. The Kier molecular flexibility index (Phi) is 5.35. The van der Waals surface area contributed by atoms with Crippen LogP contribution in [0.5, 0.6) is 0 Å². The third kappa shape index (κ3) is 4.60. The Morgan fingerprint density at radius 3 is 2.68 bits per heavy atom. The minimum Gasteiger partial charge on any atom is -0.456 e. The number of carbonyl (C=O) groups excluding carboxylic acids is 2. The van der Waals surface area contributed by atoms with Gasteiger partial charge in [-0.25, -0.2) is 0 Å². The number of carbonyl (C=O) groups is 2. The average Bonchev–Trinajstić information content (AvgIpc) is 3.29. The number of rotatable bonds is 7. The van der Waals surface area contributed by atoms with Crippen molar-refractivity contribution in [1.29, 1.82) is 0 Å². The number of aryl methyl sites for hydroxylation is 1. The van der Waals surface area contributed by atoms with Gasteiger partial charge in [-0.2, -0.15) is 16.3 Å². The van der Waals surface area contributed by atoms with Crippen LogP contribution in [-0.2, 0) is 16.1 Å². The number of aromatic nitrogens is 2. The first-order valence-electron chi connectivity index (χ1n) is 7.72. The number of benzene rings is 1. The van der Waals surface area contributed by atoms with Crippen molar-refractivity contribution >= 4 is 23.1 Å². The van der Waals surface area contributed by atoms with Gasteiger partial charge in [0, 0.05) is 22.9 Å². The van der Waals surface area contributed by atoms with Gasteiger partial charge in [0.15, 0.2) is 12.4 Å². The van der Waals surface area contributed by atoms with Gasteiger partial charge in [-0.3, -0.25) is 9.59 Å². The number of nitrogens with zero attached hydrogens (tertiary/aromatic N) is 2. The molecule has 0 N–H and O–H groups in total. The Bertz CT molecular complexity index is 854.